The monoisotopic (exact) mass is 229 g/mol. The lowest BCUT2D eigenvalue weighted by molar-refractivity contribution is -0.123. The van der Waals surface area contributed by atoms with Gasteiger partial charge in [-0.05, 0) is 22.9 Å². The maximum absolute atomic E-state index is 11.1. The summed E-state index contributed by atoms with van der Waals surface area (Å²) >= 11 is 3.33. The molecule has 12 heavy (non-hydrogen) atoms. The third kappa shape index (κ3) is 1.04. The molecule has 4 nitrogen and oxygen atoms in total. The van der Waals surface area contributed by atoms with Gasteiger partial charge in [-0.15, -0.1) is 0 Å². The zero-order valence-corrected chi connectivity index (χ0v) is 8.13. The van der Waals surface area contributed by atoms with Crippen molar-refractivity contribution in [1.82, 2.24) is 14.9 Å². The molecule has 1 amide bonds. The number of carbonyl (C=O) groups excluding carboxylic acids is 1. The molecule has 0 radical (unpaired) electrons. The van der Waals surface area contributed by atoms with E-state index in [2.05, 4.69) is 26.2 Å². The van der Waals surface area contributed by atoms with Gasteiger partial charge in [0.05, 0.1) is 12.2 Å². The number of nitrogens with zero attached hydrogens (tertiary/aromatic N) is 2. The fourth-order valence-electron chi connectivity index (χ4n) is 1.37. The highest BCUT2D eigenvalue weighted by atomic mass is 79.9. The van der Waals surface area contributed by atoms with E-state index in [9.17, 15) is 4.79 Å². The molecule has 1 aliphatic rings. The van der Waals surface area contributed by atoms with Gasteiger partial charge in [0.2, 0.25) is 5.91 Å². The first-order chi connectivity index (χ1) is 5.68. The maximum atomic E-state index is 11.1. The Hall–Kier alpha value is -0.840. The van der Waals surface area contributed by atoms with Gasteiger partial charge in [0.25, 0.3) is 0 Å². The minimum absolute atomic E-state index is 0.0116. The maximum Gasteiger partial charge on any atom is 0.240 e. The first-order valence-electron chi connectivity index (χ1n) is 3.69. The molecule has 0 aliphatic carbocycles. The fraction of sp³-hybridized carbons (Fsp3) is 0.429. The first kappa shape index (κ1) is 7.79. The van der Waals surface area contributed by atoms with Crippen molar-refractivity contribution in [3.63, 3.8) is 0 Å². The Balaban J connectivity index is 2.49. The third-order valence-corrected chi connectivity index (χ3v) is 2.54. The van der Waals surface area contributed by atoms with Crippen LogP contribution in [0.25, 0.3) is 0 Å². The van der Waals surface area contributed by atoms with Gasteiger partial charge in [-0.3, -0.25) is 4.79 Å². The predicted octanol–water partition coefficient (Wildman–Crippen LogP) is 0.836. The van der Waals surface area contributed by atoms with Gasteiger partial charge in [-0.2, -0.15) is 0 Å². The molecule has 0 saturated heterocycles. The number of aromatic nitrogens is 2. The van der Waals surface area contributed by atoms with Crippen LogP contribution >= 0.6 is 15.9 Å². The van der Waals surface area contributed by atoms with E-state index in [0.717, 1.165) is 10.4 Å². The standard InChI is InChI=1S/C7H8BrN3O/c1-4-7-9-2-5(8)11(7)3-6(12)10-4/h2,4H,3H2,1H3,(H,10,12). The molecular weight excluding hydrogens is 222 g/mol. The lowest BCUT2D eigenvalue weighted by Crippen LogP contribution is -2.37. The summed E-state index contributed by atoms with van der Waals surface area (Å²) in [5.74, 6) is 0.940. The quantitative estimate of drug-likeness (QED) is 0.717. The van der Waals surface area contributed by atoms with Crippen molar-refractivity contribution in [2.24, 2.45) is 0 Å². The Bertz CT molecular complexity index is 333. The Morgan fingerprint density at radius 3 is 3.33 bits per heavy atom. The summed E-state index contributed by atoms with van der Waals surface area (Å²) in [5, 5.41) is 2.81. The van der Waals surface area contributed by atoms with Gasteiger partial charge in [0, 0.05) is 0 Å². The van der Waals surface area contributed by atoms with Crippen molar-refractivity contribution >= 4 is 21.8 Å². The van der Waals surface area contributed by atoms with Gasteiger partial charge >= 0.3 is 0 Å². The van der Waals surface area contributed by atoms with Crippen LogP contribution in [0.15, 0.2) is 10.8 Å². The highest BCUT2D eigenvalue weighted by molar-refractivity contribution is 9.10. The minimum atomic E-state index is 0.0116. The molecule has 1 atom stereocenters. The molecule has 5 heteroatoms. The van der Waals surface area contributed by atoms with E-state index < -0.39 is 0 Å². The zero-order valence-electron chi connectivity index (χ0n) is 6.54. The molecule has 0 aromatic carbocycles. The smallest absolute Gasteiger partial charge is 0.240 e. The van der Waals surface area contributed by atoms with Gasteiger partial charge in [0.1, 0.15) is 17.0 Å². The highest BCUT2D eigenvalue weighted by Crippen LogP contribution is 2.20. The zero-order chi connectivity index (χ0) is 8.72. The van der Waals surface area contributed by atoms with Crippen LogP contribution < -0.4 is 5.32 Å². The Labute approximate surface area is 78.1 Å². The van der Waals surface area contributed by atoms with Crippen LogP contribution in [0, 0.1) is 0 Å². The summed E-state index contributed by atoms with van der Waals surface area (Å²) < 4.78 is 2.72. The van der Waals surface area contributed by atoms with Crippen LogP contribution in [-0.4, -0.2) is 15.5 Å². The Morgan fingerprint density at radius 2 is 2.58 bits per heavy atom. The van der Waals surface area contributed by atoms with Crippen molar-refractivity contribution in [3.05, 3.63) is 16.6 Å². The van der Waals surface area contributed by atoms with E-state index in [1.54, 1.807) is 6.20 Å². The molecule has 0 saturated carbocycles. The molecule has 1 aromatic rings. The van der Waals surface area contributed by atoms with Gasteiger partial charge < -0.3 is 9.88 Å². The number of fused-ring (bicyclic) bond motifs is 1. The van der Waals surface area contributed by atoms with Gasteiger partial charge in [0.15, 0.2) is 0 Å². The molecule has 1 unspecified atom stereocenters. The van der Waals surface area contributed by atoms with Gasteiger partial charge in [-0.25, -0.2) is 4.98 Å². The summed E-state index contributed by atoms with van der Waals surface area (Å²) in [6, 6.07) is 0.0116. The van der Waals surface area contributed by atoms with Crippen LogP contribution in [-0.2, 0) is 11.3 Å². The van der Waals surface area contributed by atoms with Crippen LogP contribution in [0.4, 0.5) is 0 Å². The van der Waals surface area contributed by atoms with E-state index in [1.165, 1.54) is 0 Å². The van der Waals surface area contributed by atoms with E-state index in [-0.39, 0.29) is 11.9 Å². The summed E-state index contributed by atoms with van der Waals surface area (Å²) in [7, 11) is 0. The number of amides is 1. The molecule has 1 N–H and O–H groups in total. The number of imidazole rings is 1. The second-order valence-corrected chi connectivity index (χ2v) is 3.63. The average molecular weight is 230 g/mol. The van der Waals surface area contributed by atoms with E-state index in [1.807, 2.05) is 11.5 Å². The molecule has 2 rings (SSSR count). The molecule has 2 heterocycles. The molecule has 0 bridgehead atoms. The number of carbonyl (C=O) groups is 1. The molecule has 1 aliphatic heterocycles. The topological polar surface area (TPSA) is 46.9 Å². The van der Waals surface area contributed by atoms with Crippen molar-refractivity contribution in [2.75, 3.05) is 0 Å². The second kappa shape index (κ2) is 2.58. The van der Waals surface area contributed by atoms with E-state index >= 15 is 0 Å². The number of nitrogens with one attached hydrogen (secondary N) is 1. The van der Waals surface area contributed by atoms with E-state index in [4.69, 9.17) is 0 Å². The summed E-state index contributed by atoms with van der Waals surface area (Å²) in [6.45, 7) is 2.28. The van der Waals surface area contributed by atoms with Gasteiger partial charge in [-0.1, -0.05) is 0 Å². The molecule has 0 fully saturated rings. The molecule has 0 spiro atoms. The Morgan fingerprint density at radius 1 is 1.83 bits per heavy atom. The van der Waals surface area contributed by atoms with E-state index in [0.29, 0.717) is 6.54 Å². The van der Waals surface area contributed by atoms with Crippen molar-refractivity contribution in [1.29, 1.82) is 0 Å². The van der Waals surface area contributed by atoms with Crippen LogP contribution in [0.1, 0.15) is 18.8 Å². The van der Waals surface area contributed by atoms with Crippen molar-refractivity contribution in [2.45, 2.75) is 19.5 Å². The van der Waals surface area contributed by atoms with Crippen LogP contribution in [0.5, 0.6) is 0 Å². The Kier molecular flexibility index (Phi) is 1.68. The molecular formula is C7H8BrN3O. The second-order valence-electron chi connectivity index (χ2n) is 2.81. The number of halogens is 1. The normalized spacial score (nSPS) is 21.8. The lowest BCUT2D eigenvalue weighted by atomic mass is 10.2. The average Bonchev–Trinajstić information content (AvgIpc) is 2.33. The number of rotatable bonds is 0. The molecule has 1 aromatic heterocycles. The highest BCUT2D eigenvalue weighted by Gasteiger charge is 2.23. The largest absolute Gasteiger partial charge is 0.345 e. The van der Waals surface area contributed by atoms with Crippen LogP contribution in [0.3, 0.4) is 0 Å². The number of hydrogen-bond acceptors (Lipinski definition) is 2. The first-order valence-corrected chi connectivity index (χ1v) is 4.48. The summed E-state index contributed by atoms with van der Waals surface area (Å²) in [4.78, 5) is 15.3. The number of hydrogen-bond donors (Lipinski definition) is 1. The predicted molar refractivity (Wildman–Crippen MR) is 46.5 cm³/mol. The SMILES string of the molecule is CC1NC(=O)Cn2c(Br)cnc21. The third-order valence-electron chi connectivity index (χ3n) is 1.90. The van der Waals surface area contributed by atoms with Crippen molar-refractivity contribution in [3.8, 4) is 0 Å². The molecule has 64 valence electrons. The minimum Gasteiger partial charge on any atom is -0.345 e. The summed E-state index contributed by atoms with van der Waals surface area (Å²) in [5.41, 5.74) is 0. The van der Waals surface area contributed by atoms with Crippen LogP contribution in [0.2, 0.25) is 0 Å². The fourth-order valence-corrected chi connectivity index (χ4v) is 1.78. The van der Waals surface area contributed by atoms with Crippen molar-refractivity contribution < 1.29 is 4.79 Å². The lowest BCUT2D eigenvalue weighted by Gasteiger charge is -2.21. The summed E-state index contributed by atoms with van der Waals surface area (Å²) in [6.07, 6.45) is 1.71.